The number of benzene rings is 3. The molecule has 0 radical (unpaired) electrons. The van der Waals surface area contributed by atoms with Crippen LogP contribution in [0.25, 0.3) is 22.1 Å². The Morgan fingerprint density at radius 1 is 1.00 bits per heavy atom. The van der Waals surface area contributed by atoms with E-state index in [1.807, 2.05) is 42.5 Å². The number of hydrogen-bond donors (Lipinski definition) is 1. The third kappa shape index (κ3) is 4.10. The van der Waals surface area contributed by atoms with Gasteiger partial charge in [-0.05, 0) is 34.5 Å². The molecule has 0 aliphatic rings. The Morgan fingerprint density at radius 2 is 1.77 bits per heavy atom. The van der Waals surface area contributed by atoms with E-state index < -0.39 is 4.92 Å². The molecule has 0 atom stereocenters. The molecule has 0 bridgehead atoms. The van der Waals surface area contributed by atoms with Gasteiger partial charge in [0.25, 0.3) is 5.69 Å². The quantitative estimate of drug-likeness (QED) is 0.289. The zero-order chi connectivity index (χ0) is 20.9. The van der Waals surface area contributed by atoms with Gasteiger partial charge in [-0.15, -0.1) is 0 Å². The van der Waals surface area contributed by atoms with Gasteiger partial charge in [-0.1, -0.05) is 54.6 Å². The molecule has 0 saturated heterocycles. The summed E-state index contributed by atoms with van der Waals surface area (Å²) in [6.07, 6.45) is 1.55. The fourth-order valence-corrected chi connectivity index (χ4v) is 3.24. The minimum atomic E-state index is -0.459. The highest BCUT2D eigenvalue weighted by Gasteiger charge is 2.16. The summed E-state index contributed by atoms with van der Waals surface area (Å²) in [5, 5.41) is 17.2. The lowest BCUT2D eigenvalue weighted by Crippen LogP contribution is -2.19. The first-order valence-electron chi connectivity index (χ1n) is 9.24. The summed E-state index contributed by atoms with van der Waals surface area (Å²) in [6, 6.07) is 23.3. The van der Waals surface area contributed by atoms with Crippen LogP contribution < -0.4 is 5.43 Å². The molecule has 0 spiro atoms. The Morgan fingerprint density at radius 3 is 2.63 bits per heavy atom. The zero-order valence-corrected chi connectivity index (χ0v) is 15.8. The summed E-state index contributed by atoms with van der Waals surface area (Å²) in [5.74, 6) is 0.465. The molecule has 4 rings (SSSR count). The molecule has 1 aromatic heterocycles. The standard InChI is InChI=1S/C23H17N3O4/c27-23(14-17-8-5-7-16-6-1-2-9-19(16)17)25-24-15-18-12-13-22(30-18)20-10-3-4-11-21(20)26(28)29/h1-13,15H,14H2,(H,25,27)/b24-15-. The Kier molecular flexibility index (Phi) is 5.34. The van der Waals surface area contributed by atoms with Crippen molar-refractivity contribution in [2.75, 3.05) is 0 Å². The van der Waals surface area contributed by atoms with Crippen molar-refractivity contribution in [1.82, 2.24) is 5.43 Å². The molecule has 0 saturated carbocycles. The number of nitrogens with one attached hydrogen (secondary N) is 1. The predicted octanol–water partition coefficient (Wildman–Crippen LogP) is 4.70. The van der Waals surface area contributed by atoms with Gasteiger partial charge < -0.3 is 4.42 Å². The van der Waals surface area contributed by atoms with Crippen LogP contribution in [0, 0.1) is 10.1 Å². The van der Waals surface area contributed by atoms with Crippen molar-refractivity contribution in [3.8, 4) is 11.3 Å². The van der Waals surface area contributed by atoms with Gasteiger partial charge in [0.1, 0.15) is 11.5 Å². The van der Waals surface area contributed by atoms with E-state index in [0.29, 0.717) is 17.1 Å². The second-order valence-corrected chi connectivity index (χ2v) is 6.58. The fraction of sp³-hybridized carbons (Fsp3) is 0.0435. The monoisotopic (exact) mass is 399 g/mol. The van der Waals surface area contributed by atoms with E-state index in [-0.39, 0.29) is 18.0 Å². The lowest BCUT2D eigenvalue weighted by atomic mass is 10.0. The van der Waals surface area contributed by atoms with E-state index >= 15 is 0 Å². The molecule has 4 aromatic rings. The number of fused-ring (bicyclic) bond motifs is 1. The summed E-state index contributed by atoms with van der Waals surface area (Å²) in [6.45, 7) is 0. The molecule has 148 valence electrons. The van der Waals surface area contributed by atoms with Crippen molar-refractivity contribution in [3.63, 3.8) is 0 Å². The highest BCUT2D eigenvalue weighted by Crippen LogP contribution is 2.30. The first kappa shape index (κ1) is 19.1. The molecule has 0 aliphatic heterocycles. The number of hydrogen-bond acceptors (Lipinski definition) is 5. The molecular weight excluding hydrogens is 382 g/mol. The van der Waals surface area contributed by atoms with Gasteiger partial charge >= 0.3 is 0 Å². The molecule has 1 N–H and O–H groups in total. The maximum Gasteiger partial charge on any atom is 0.280 e. The molecule has 30 heavy (non-hydrogen) atoms. The topological polar surface area (TPSA) is 97.7 Å². The smallest absolute Gasteiger partial charge is 0.280 e. The second kappa shape index (κ2) is 8.40. The van der Waals surface area contributed by atoms with Crippen molar-refractivity contribution in [1.29, 1.82) is 0 Å². The number of rotatable bonds is 6. The Hall–Kier alpha value is -4.26. The van der Waals surface area contributed by atoms with Crippen LogP contribution in [0.1, 0.15) is 11.3 Å². The molecule has 3 aromatic carbocycles. The van der Waals surface area contributed by atoms with Crippen LogP contribution in [0.4, 0.5) is 5.69 Å². The molecule has 1 amide bonds. The first-order chi connectivity index (χ1) is 14.6. The van der Waals surface area contributed by atoms with Gasteiger partial charge in [-0.25, -0.2) is 5.43 Å². The number of amides is 1. The van der Waals surface area contributed by atoms with Gasteiger partial charge in [0.05, 0.1) is 23.1 Å². The van der Waals surface area contributed by atoms with Crippen molar-refractivity contribution in [2.24, 2.45) is 5.10 Å². The maximum atomic E-state index is 12.3. The molecule has 7 nitrogen and oxygen atoms in total. The maximum absolute atomic E-state index is 12.3. The van der Waals surface area contributed by atoms with E-state index in [4.69, 9.17) is 4.42 Å². The minimum absolute atomic E-state index is 0.0428. The van der Waals surface area contributed by atoms with Crippen molar-refractivity contribution in [2.45, 2.75) is 6.42 Å². The summed E-state index contributed by atoms with van der Waals surface area (Å²) >= 11 is 0. The average Bonchev–Trinajstić information content (AvgIpc) is 3.23. The lowest BCUT2D eigenvalue weighted by Gasteiger charge is -2.05. The van der Waals surface area contributed by atoms with Crippen LogP contribution in [-0.2, 0) is 11.2 Å². The fourth-order valence-electron chi connectivity index (χ4n) is 3.24. The minimum Gasteiger partial charge on any atom is -0.455 e. The average molecular weight is 399 g/mol. The van der Waals surface area contributed by atoms with Crippen LogP contribution in [0.2, 0.25) is 0 Å². The summed E-state index contributed by atoms with van der Waals surface area (Å²) in [5.41, 5.74) is 3.73. The zero-order valence-electron chi connectivity index (χ0n) is 15.8. The molecule has 0 aliphatic carbocycles. The normalized spacial score (nSPS) is 11.1. The van der Waals surface area contributed by atoms with Gasteiger partial charge in [0.15, 0.2) is 0 Å². The summed E-state index contributed by atoms with van der Waals surface area (Å²) in [7, 11) is 0. The highest BCUT2D eigenvalue weighted by atomic mass is 16.6. The van der Waals surface area contributed by atoms with Crippen LogP contribution >= 0.6 is 0 Å². The predicted molar refractivity (Wildman–Crippen MR) is 114 cm³/mol. The number of nitrogens with zero attached hydrogens (tertiary/aromatic N) is 2. The van der Waals surface area contributed by atoms with Gasteiger partial charge in [0, 0.05) is 6.07 Å². The number of carbonyl (C=O) groups excluding carboxylic acids is 1. The van der Waals surface area contributed by atoms with Crippen LogP contribution in [0.3, 0.4) is 0 Å². The number of para-hydroxylation sites is 1. The molecule has 7 heteroatoms. The molecule has 0 unspecified atom stereocenters. The van der Waals surface area contributed by atoms with Crippen molar-refractivity contribution >= 4 is 28.6 Å². The number of hydrazone groups is 1. The Balaban J connectivity index is 1.43. The van der Waals surface area contributed by atoms with E-state index in [9.17, 15) is 14.9 Å². The van der Waals surface area contributed by atoms with Crippen molar-refractivity contribution in [3.05, 3.63) is 100 Å². The van der Waals surface area contributed by atoms with E-state index in [2.05, 4.69) is 10.5 Å². The Bertz CT molecular complexity index is 1250. The number of nitro benzene ring substituents is 1. The van der Waals surface area contributed by atoms with Gasteiger partial charge in [-0.2, -0.15) is 5.10 Å². The molecular formula is C23H17N3O4. The first-order valence-corrected chi connectivity index (χ1v) is 9.24. The van der Waals surface area contributed by atoms with Crippen LogP contribution in [0.15, 0.2) is 88.4 Å². The molecule has 1 heterocycles. The summed E-state index contributed by atoms with van der Waals surface area (Å²) in [4.78, 5) is 23.0. The molecule has 0 fully saturated rings. The third-order valence-corrected chi connectivity index (χ3v) is 4.60. The number of nitro groups is 1. The van der Waals surface area contributed by atoms with E-state index in [0.717, 1.165) is 16.3 Å². The SMILES string of the molecule is O=C(Cc1cccc2ccccc12)N/N=C\c1ccc(-c2ccccc2[N+](=O)[O-])o1. The Labute approximate surface area is 171 Å². The second-order valence-electron chi connectivity index (χ2n) is 6.58. The largest absolute Gasteiger partial charge is 0.455 e. The lowest BCUT2D eigenvalue weighted by molar-refractivity contribution is -0.384. The van der Waals surface area contributed by atoms with E-state index in [1.165, 1.54) is 12.3 Å². The van der Waals surface area contributed by atoms with Crippen LogP contribution in [-0.4, -0.2) is 17.0 Å². The van der Waals surface area contributed by atoms with Gasteiger partial charge in [-0.3, -0.25) is 14.9 Å². The third-order valence-electron chi connectivity index (χ3n) is 4.60. The van der Waals surface area contributed by atoms with E-state index in [1.54, 1.807) is 30.3 Å². The summed E-state index contributed by atoms with van der Waals surface area (Å²) < 4.78 is 5.61. The number of carbonyl (C=O) groups is 1. The highest BCUT2D eigenvalue weighted by molar-refractivity contribution is 5.90. The van der Waals surface area contributed by atoms with Crippen molar-refractivity contribution < 1.29 is 14.1 Å². The number of furan rings is 1. The van der Waals surface area contributed by atoms with Gasteiger partial charge in [0.2, 0.25) is 5.91 Å². The van der Waals surface area contributed by atoms with Crippen LogP contribution in [0.5, 0.6) is 0 Å².